The normalized spacial score (nSPS) is 16.6. The Balaban J connectivity index is 1.57. The average Bonchev–Trinajstić information content (AvgIpc) is 2.75. The predicted molar refractivity (Wildman–Crippen MR) is 111 cm³/mol. The summed E-state index contributed by atoms with van der Waals surface area (Å²) in [7, 11) is 1.78. The lowest BCUT2D eigenvalue weighted by Gasteiger charge is -2.35. The summed E-state index contributed by atoms with van der Waals surface area (Å²) in [6.07, 6.45) is 0.937. The SMILES string of the molecule is CN=C(NCCc1ccccc1)NCC(c1ccc(F)cc1)N1CCOCC1. The Bertz CT molecular complexity index is 730. The number of rotatable bonds is 7. The van der Waals surface area contributed by atoms with E-state index >= 15 is 0 Å². The molecule has 1 aliphatic heterocycles. The summed E-state index contributed by atoms with van der Waals surface area (Å²) in [5, 5.41) is 6.80. The van der Waals surface area contributed by atoms with Crippen molar-refractivity contribution in [2.45, 2.75) is 12.5 Å². The van der Waals surface area contributed by atoms with E-state index in [4.69, 9.17) is 4.74 Å². The number of benzene rings is 2. The molecule has 0 aromatic heterocycles. The van der Waals surface area contributed by atoms with Crippen LogP contribution in [0.5, 0.6) is 0 Å². The average molecular weight is 384 g/mol. The van der Waals surface area contributed by atoms with Crippen LogP contribution in [0, 0.1) is 5.82 Å². The first-order chi connectivity index (χ1) is 13.8. The van der Waals surface area contributed by atoms with Crippen LogP contribution in [0.15, 0.2) is 59.6 Å². The lowest BCUT2D eigenvalue weighted by molar-refractivity contribution is 0.0170. The van der Waals surface area contributed by atoms with Gasteiger partial charge >= 0.3 is 0 Å². The topological polar surface area (TPSA) is 48.9 Å². The highest BCUT2D eigenvalue weighted by molar-refractivity contribution is 5.79. The third-order valence-electron chi connectivity index (χ3n) is 4.98. The molecule has 0 saturated carbocycles. The van der Waals surface area contributed by atoms with Gasteiger partial charge in [-0.1, -0.05) is 42.5 Å². The summed E-state index contributed by atoms with van der Waals surface area (Å²) < 4.78 is 18.9. The minimum Gasteiger partial charge on any atom is -0.379 e. The van der Waals surface area contributed by atoms with Gasteiger partial charge in [0.2, 0.25) is 0 Å². The first kappa shape index (κ1) is 20.3. The number of guanidine groups is 1. The Morgan fingerprint density at radius 3 is 2.46 bits per heavy atom. The minimum absolute atomic E-state index is 0.136. The van der Waals surface area contributed by atoms with Crippen LogP contribution < -0.4 is 10.6 Å². The minimum atomic E-state index is -0.212. The molecule has 6 heteroatoms. The number of hydrogen-bond acceptors (Lipinski definition) is 3. The highest BCUT2D eigenvalue weighted by atomic mass is 19.1. The molecular formula is C22H29FN4O. The van der Waals surface area contributed by atoms with E-state index in [1.807, 2.05) is 18.2 Å². The quantitative estimate of drug-likeness (QED) is 0.569. The molecule has 3 rings (SSSR count). The van der Waals surface area contributed by atoms with Crippen molar-refractivity contribution < 1.29 is 9.13 Å². The molecule has 2 aromatic carbocycles. The zero-order chi connectivity index (χ0) is 19.6. The van der Waals surface area contributed by atoms with Gasteiger partial charge in [-0.15, -0.1) is 0 Å². The molecule has 0 spiro atoms. The van der Waals surface area contributed by atoms with Crippen molar-refractivity contribution >= 4 is 5.96 Å². The molecule has 2 N–H and O–H groups in total. The van der Waals surface area contributed by atoms with Crippen molar-refractivity contribution in [3.05, 3.63) is 71.5 Å². The highest BCUT2D eigenvalue weighted by Gasteiger charge is 2.23. The van der Waals surface area contributed by atoms with Gasteiger partial charge in [-0.05, 0) is 29.7 Å². The first-order valence-corrected chi connectivity index (χ1v) is 9.82. The van der Waals surface area contributed by atoms with Crippen molar-refractivity contribution in [2.24, 2.45) is 4.99 Å². The van der Waals surface area contributed by atoms with E-state index < -0.39 is 0 Å². The van der Waals surface area contributed by atoms with Crippen molar-refractivity contribution in [1.29, 1.82) is 0 Å². The zero-order valence-corrected chi connectivity index (χ0v) is 16.4. The second kappa shape index (κ2) is 10.8. The summed E-state index contributed by atoms with van der Waals surface area (Å²) in [6, 6.07) is 17.3. The molecule has 1 saturated heterocycles. The van der Waals surface area contributed by atoms with Gasteiger partial charge in [-0.2, -0.15) is 0 Å². The Morgan fingerprint density at radius 1 is 1.07 bits per heavy atom. The third kappa shape index (κ3) is 6.04. The van der Waals surface area contributed by atoms with Crippen molar-refractivity contribution in [1.82, 2.24) is 15.5 Å². The zero-order valence-electron chi connectivity index (χ0n) is 16.4. The van der Waals surface area contributed by atoms with Crippen LogP contribution in [-0.4, -0.2) is 57.3 Å². The van der Waals surface area contributed by atoms with Gasteiger partial charge in [0.25, 0.3) is 0 Å². The van der Waals surface area contributed by atoms with Gasteiger partial charge < -0.3 is 15.4 Å². The Kier molecular flexibility index (Phi) is 7.82. The molecule has 5 nitrogen and oxygen atoms in total. The number of nitrogens with one attached hydrogen (secondary N) is 2. The van der Waals surface area contributed by atoms with Crippen LogP contribution in [0.4, 0.5) is 4.39 Å². The fraction of sp³-hybridized carbons (Fsp3) is 0.409. The summed E-state index contributed by atoms with van der Waals surface area (Å²) >= 11 is 0. The van der Waals surface area contributed by atoms with E-state index in [0.29, 0.717) is 6.54 Å². The summed E-state index contributed by atoms with van der Waals surface area (Å²) in [6.45, 7) is 4.68. The largest absolute Gasteiger partial charge is 0.379 e. The van der Waals surface area contributed by atoms with Crippen LogP contribution in [-0.2, 0) is 11.2 Å². The molecule has 0 aliphatic carbocycles. The van der Waals surface area contributed by atoms with E-state index in [1.54, 1.807) is 7.05 Å². The molecule has 1 aliphatic rings. The summed E-state index contributed by atoms with van der Waals surface area (Å²) in [4.78, 5) is 6.71. The van der Waals surface area contributed by atoms with E-state index in [0.717, 1.165) is 50.8 Å². The number of morpholine rings is 1. The summed E-state index contributed by atoms with van der Waals surface area (Å²) in [5.74, 6) is 0.562. The number of halogens is 1. The van der Waals surface area contributed by atoms with E-state index in [2.05, 4.69) is 44.8 Å². The number of nitrogens with zero attached hydrogens (tertiary/aromatic N) is 2. The molecule has 150 valence electrons. The Labute approximate surface area is 166 Å². The molecule has 1 unspecified atom stereocenters. The maximum atomic E-state index is 13.4. The van der Waals surface area contributed by atoms with Crippen LogP contribution >= 0.6 is 0 Å². The van der Waals surface area contributed by atoms with Crippen LogP contribution in [0.2, 0.25) is 0 Å². The Hall–Kier alpha value is -2.44. The van der Waals surface area contributed by atoms with Gasteiger partial charge in [-0.3, -0.25) is 9.89 Å². The smallest absolute Gasteiger partial charge is 0.191 e. The van der Waals surface area contributed by atoms with Gasteiger partial charge in [0.15, 0.2) is 5.96 Å². The van der Waals surface area contributed by atoms with Crippen molar-refractivity contribution in [2.75, 3.05) is 46.4 Å². The second-order valence-electron chi connectivity index (χ2n) is 6.83. The standard InChI is InChI=1S/C22H29FN4O/c1-24-22(25-12-11-18-5-3-2-4-6-18)26-17-21(27-13-15-28-16-14-27)19-7-9-20(23)10-8-19/h2-10,21H,11-17H2,1H3,(H2,24,25,26). The van der Waals surface area contributed by atoms with E-state index in [-0.39, 0.29) is 11.9 Å². The third-order valence-corrected chi connectivity index (χ3v) is 4.98. The molecule has 0 amide bonds. The Morgan fingerprint density at radius 2 is 1.79 bits per heavy atom. The fourth-order valence-electron chi connectivity index (χ4n) is 3.42. The van der Waals surface area contributed by atoms with Gasteiger partial charge in [0.05, 0.1) is 19.3 Å². The number of hydrogen-bond donors (Lipinski definition) is 2. The first-order valence-electron chi connectivity index (χ1n) is 9.82. The lowest BCUT2D eigenvalue weighted by atomic mass is 10.0. The molecule has 0 bridgehead atoms. The number of ether oxygens (including phenoxy) is 1. The lowest BCUT2D eigenvalue weighted by Crippen LogP contribution is -2.46. The summed E-state index contributed by atoms with van der Waals surface area (Å²) in [5.41, 5.74) is 2.39. The molecular weight excluding hydrogens is 355 g/mol. The maximum Gasteiger partial charge on any atom is 0.191 e. The van der Waals surface area contributed by atoms with Gasteiger partial charge in [0.1, 0.15) is 5.82 Å². The van der Waals surface area contributed by atoms with Crippen molar-refractivity contribution in [3.8, 4) is 0 Å². The van der Waals surface area contributed by atoms with Crippen LogP contribution in [0.3, 0.4) is 0 Å². The van der Waals surface area contributed by atoms with Gasteiger partial charge in [0, 0.05) is 33.2 Å². The van der Waals surface area contributed by atoms with Gasteiger partial charge in [-0.25, -0.2) is 4.39 Å². The van der Waals surface area contributed by atoms with E-state index in [1.165, 1.54) is 17.7 Å². The number of aliphatic imine (C=N–C) groups is 1. The molecule has 1 heterocycles. The van der Waals surface area contributed by atoms with Crippen molar-refractivity contribution in [3.63, 3.8) is 0 Å². The highest BCUT2D eigenvalue weighted by Crippen LogP contribution is 2.21. The van der Waals surface area contributed by atoms with E-state index in [9.17, 15) is 4.39 Å². The predicted octanol–water partition coefficient (Wildman–Crippen LogP) is 2.61. The fourth-order valence-corrected chi connectivity index (χ4v) is 3.42. The van der Waals surface area contributed by atoms with Crippen LogP contribution in [0.25, 0.3) is 0 Å². The molecule has 28 heavy (non-hydrogen) atoms. The molecule has 1 atom stereocenters. The second-order valence-corrected chi connectivity index (χ2v) is 6.83. The van der Waals surface area contributed by atoms with Crippen LogP contribution in [0.1, 0.15) is 17.2 Å². The molecule has 0 radical (unpaired) electrons. The molecule has 2 aromatic rings. The monoisotopic (exact) mass is 384 g/mol. The molecule has 1 fully saturated rings. The maximum absolute atomic E-state index is 13.4.